The van der Waals surface area contributed by atoms with E-state index in [-0.39, 0.29) is 0 Å². The molecule has 0 bridgehead atoms. The highest BCUT2D eigenvalue weighted by Crippen LogP contribution is 2.35. The van der Waals surface area contributed by atoms with Crippen LogP contribution >= 0.6 is 0 Å². The Morgan fingerprint density at radius 2 is 2.21 bits per heavy atom. The molecular formula is C10H18O4. The fraction of sp³-hybridized carbons (Fsp3) is 0.900. The van der Waals surface area contributed by atoms with Crippen molar-refractivity contribution in [1.82, 2.24) is 0 Å². The molecule has 1 aliphatic rings. The Balaban J connectivity index is 2.72. The maximum absolute atomic E-state index is 11.2. The lowest BCUT2D eigenvalue weighted by atomic mass is 9.76. The van der Waals surface area contributed by atoms with Gasteiger partial charge in [-0.1, -0.05) is 0 Å². The lowest BCUT2D eigenvalue weighted by molar-refractivity contribution is -0.152. The van der Waals surface area contributed by atoms with Crippen LogP contribution in [-0.2, 0) is 9.53 Å². The van der Waals surface area contributed by atoms with Gasteiger partial charge in [0.1, 0.15) is 0 Å². The predicted molar refractivity (Wildman–Crippen MR) is 51.0 cm³/mol. The van der Waals surface area contributed by atoms with E-state index in [1.807, 2.05) is 0 Å². The van der Waals surface area contributed by atoms with Gasteiger partial charge >= 0.3 is 5.97 Å². The fourth-order valence-corrected chi connectivity index (χ4v) is 2.08. The lowest BCUT2D eigenvalue weighted by Crippen LogP contribution is -2.34. The molecule has 1 saturated heterocycles. The number of carbonyl (C=O) groups is 1. The first-order valence-corrected chi connectivity index (χ1v) is 5.06. The van der Waals surface area contributed by atoms with Crippen molar-refractivity contribution in [2.24, 2.45) is 5.41 Å². The molecule has 2 N–H and O–H groups in total. The summed E-state index contributed by atoms with van der Waals surface area (Å²) in [6, 6.07) is 0. The topological polar surface area (TPSA) is 66.8 Å². The molecule has 1 aliphatic heterocycles. The van der Waals surface area contributed by atoms with E-state index in [4.69, 9.17) is 4.74 Å². The SMILES string of the molecule is CC(O)CC1(C(=O)O)CCCOCC1. The van der Waals surface area contributed by atoms with Gasteiger partial charge in [-0.3, -0.25) is 4.79 Å². The summed E-state index contributed by atoms with van der Waals surface area (Å²) in [5.41, 5.74) is -0.773. The molecule has 0 amide bonds. The summed E-state index contributed by atoms with van der Waals surface area (Å²) in [5.74, 6) is -0.802. The normalized spacial score (nSPS) is 30.7. The molecule has 4 nitrogen and oxygen atoms in total. The second-order valence-corrected chi connectivity index (χ2v) is 4.10. The monoisotopic (exact) mass is 202 g/mol. The van der Waals surface area contributed by atoms with Crippen molar-refractivity contribution in [2.45, 2.75) is 38.7 Å². The van der Waals surface area contributed by atoms with Crippen LogP contribution in [0.15, 0.2) is 0 Å². The molecule has 2 unspecified atom stereocenters. The van der Waals surface area contributed by atoms with Crippen LogP contribution in [0.4, 0.5) is 0 Å². The minimum Gasteiger partial charge on any atom is -0.481 e. The smallest absolute Gasteiger partial charge is 0.309 e. The van der Waals surface area contributed by atoms with Crippen molar-refractivity contribution in [1.29, 1.82) is 0 Å². The van der Waals surface area contributed by atoms with Gasteiger partial charge in [-0.15, -0.1) is 0 Å². The van der Waals surface area contributed by atoms with Crippen LogP contribution in [0, 0.1) is 5.41 Å². The minimum absolute atomic E-state index is 0.325. The summed E-state index contributed by atoms with van der Waals surface area (Å²) in [6.45, 7) is 2.75. The van der Waals surface area contributed by atoms with Crippen LogP contribution in [0.1, 0.15) is 32.6 Å². The molecule has 4 heteroatoms. The van der Waals surface area contributed by atoms with Crippen LogP contribution < -0.4 is 0 Å². The third-order valence-electron chi connectivity index (χ3n) is 2.81. The quantitative estimate of drug-likeness (QED) is 0.717. The molecule has 0 radical (unpaired) electrons. The van der Waals surface area contributed by atoms with Gasteiger partial charge in [0.15, 0.2) is 0 Å². The Bertz CT molecular complexity index is 192. The van der Waals surface area contributed by atoms with Gasteiger partial charge in [0.05, 0.1) is 11.5 Å². The Morgan fingerprint density at radius 3 is 2.79 bits per heavy atom. The van der Waals surface area contributed by atoms with Crippen molar-refractivity contribution < 1.29 is 19.7 Å². The highest BCUT2D eigenvalue weighted by Gasteiger charge is 2.39. The van der Waals surface area contributed by atoms with Gasteiger partial charge < -0.3 is 14.9 Å². The molecule has 0 aliphatic carbocycles. The predicted octanol–water partition coefficient (Wildman–Crippen LogP) is 1.03. The zero-order chi connectivity index (χ0) is 10.6. The zero-order valence-corrected chi connectivity index (χ0v) is 8.53. The number of aliphatic hydroxyl groups is 1. The first kappa shape index (κ1) is 11.5. The van der Waals surface area contributed by atoms with Gasteiger partial charge in [-0.2, -0.15) is 0 Å². The van der Waals surface area contributed by atoms with Gasteiger partial charge in [0, 0.05) is 13.2 Å². The number of rotatable bonds is 3. The number of aliphatic carboxylic acids is 1. The summed E-state index contributed by atoms with van der Waals surface area (Å²) >= 11 is 0. The summed E-state index contributed by atoms with van der Waals surface area (Å²) < 4.78 is 5.24. The maximum atomic E-state index is 11.2. The number of carboxylic acids is 1. The highest BCUT2D eigenvalue weighted by molar-refractivity contribution is 5.74. The maximum Gasteiger partial charge on any atom is 0.309 e. The Morgan fingerprint density at radius 1 is 1.50 bits per heavy atom. The molecule has 0 aromatic rings. The van der Waals surface area contributed by atoms with Crippen LogP contribution in [-0.4, -0.2) is 35.5 Å². The lowest BCUT2D eigenvalue weighted by Gasteiger charge is -2.28. The van der Waals surface area contributed by atoms with Crippen LogP contribution in [0.5, 0.6) is 0 Å². The summed E-state index contributed by atoms with van der Waals surface area (Å²) in [5, 5.41) is 18.5. The molecule has 0 aromatic carbocycles. The van der Waals surface area contributed by atoms with E-state index in [2.05, 4.69) is 0 Å². The average molecular weight is 202 g/mol. The van der Waals surface area contributed by atoms with Crippen molar-refractivity contribution in [3.05, 3.63) is 0 Å². The summed E-state index contributed by atoms with van der Waals surface area (Å²) in [4.78, 5) is 11.2. The highest BCUT2D eigenvalue weighted by atomic mass is 16.5. The van der Waals surface area contributed by atoms with Gasteiger partial charge in [-0.25, -0.2) is 0 Å². The van der Waals surface area contributed by atoms with Gasteiger partial charge in [0.2, 0.25) is 0 Å². The van der Waals surface area contributed by atoms with E-state index in [0.717, 1.165) is 6.42 Å². The number of hydrogen-bond acceptors (Lipinski definition) is 3. The third kappa shape index (κ3) is 2.69. The molecule has 1 fully saturated rings. The molecule has 1 heterocycles. The molecule has 0 spiro atoms. The number of hydrogen-bond donors (Lipinski definition) is 2. The molecule has 2 atom stereocenters. The summed E-state index contributed by atoms with van der Waals surface area (Å²) in [6.07, 6.45) is 1.63. The van der Waals surface area contributed by atoms with E-state index in [9.17, 15) is 15.0 Å². The van der Waals surface area contributed by atoms with Crippen molar-refractivity contribution in [3.8, 4) is 0 Å². The van der Waals surface area contributed by atoms with E-state index in [0.29, 0.717) is 32.5 Å². The van der Waals surface area contributed by atoms with Gasteiger partial charge in [0.25, 0.3) is 0 Å². The zero-order valence-electron chi connectivity index (χ0n) is 8.53. The molecule has 1 rings (SSSR count). The Labute approximate surface area is 83.9 Å². The first-order chi connectivity index (χ1) is 6.57. The van der Waals surface area contributed by atoms with Gasteiger partial charge in [-0.05, 0) is 32.6 Å². The minimum atomic E-state index is -0.802. The van der Waals surface area contributed by atoms with Crippen LogP contribution in [0.25, 0.3) is 0 Å². The van der Waals surface area contributed by atoms with Crippen molar-refractivity contribution in [2.75, 3.05) is 13.2 Å². The second-order valence-electron chi connectivity index (χ2n) is 4.10. The average Bonchev–Trinajstić information content (AvgIpc) is 2.29. The number of aliphatic hydroxyl groups excluding tert-OH is 1. The van der Waals surface area contributed by atoms with E-state index in [1.165, 1.54) is 0 Å². The third-order valence-corrected chi connectivity index (χ3v) is 2.81. The number of carboxylic acid groups (broad SMARTS) is 1. The fourth-order valence-electron chi connectivity index (χ4n) is 2.08. The van der Waals surface area contributed by atoms with E-state index < -0.39 is 17.5 Å². The molecule has 82 valence electrons. The van der Waals surface area contributed by atoms with Crippen molar-refractivity contribution >= 4 is 5.97 Å². The second kappa shape index (κ2) is 4.75. The van der Waals surface area contributed by atoms with Crippen molar-refractivity contribution in [3.63, 3.8) is 0 Å². The van der Waals surface area contributed by atoms with E-state index >= 15 is 0 Å². The number of ether oxygens (including phenoxy) is 1. The molecule has 0 aromatic heterocycles. The molecule has 0 saturated carbocycles. The van der Waals surface area contributed by atoms with Crippen LogP contribution in [0.3, 0.4) is 0 Å². The van der Waals surface area contributed by atoms with Crippen LogP contribution in [0.2, 0.25) is 0 Å². The largest absolute Gasteiger partial charge is 0.481 e. The molecular weight excluding hydrogens is 184 g/mol. The van der Waals surface area contributed by atoms with E-state index in [1.54, 1.807) is 6.92 Å². The molecule has 14 heavy (non-hydrogen) atoms. The Kier molecular flexibility index (Phi) is 3.89. The summed E-state index contributed by atoms with van der Waals surface area (Å²) in [7, 11) is 0. The standard InChI is InChI=1S/C10H18O4/c1-8(11)7-10(9(12)13)3-2-5-14-6-4-10/h8,11H,2-7H2,1H3,(H,12,13). The Hall–Kier alpha value is -0.610. The first-order valence-electron chi connectivity index (χ1n) is 5.06.